The van der Waals surface area contributed by atoms with Crippen LogP contribution in [0.15, 0.2) is 91.0 Å². The molecule has 7 heteroatoms. The van der Waals surface area contributed by atoms with Gasteiger partial charge in [0.15, 0.2) is 5.78 Å². The number of aliphatic hydroxyl groups is 1. The number of carbonyl (C=O) groups excluding carboxylic acids is 3. The van der Waals surface area contributed by atoms with E-state index in [2.05, 4.69) is 5.32 Å². The molecule has 0 aliphatic carbocycles. The van der Waals surface area contributed by atoms with E-state index in [1.807, 2.05) is 78.9 Å². The van der Waals surface area contributed by atoms with Gasteiger partial charge in [-0.2, -0.15) is 0 Å². The Bertz CT molecular complexity index is 1140. The molecule has 2 N–H and O–H groups in total. The van der Waals surface area contributed by atoms with Crippen LogP contribution in [0, 0.1) is 0 Å². The van der Waals surface area contributed by atoms with Crippen LogP contribution in [0.5, 0.6) is 0 Å². The van der Waals surface area contributed by atoms with Gasteiger partial charge in [0.1, 0.15) is 6.61 Å². The Morgan fingerprint density at radius 3 is 1.97 bits per heavy atom. The van der Waals surface area contributed by atoms with E-state index < -0.39 is 24.3 Å². The maximum Gasteiger partial charge on any atom is 0.408 e. The van der Waals surface area contributed by atoms with Crippen molar-refractivity contribution < 1.29 is 24.2 Å². The molecule has 37 heavy (non-hydrogen) atoms. The Labute approximate surface area is 218 Å². The molecule has 0 bridgehead atoms. The third-order valence-electron chi connectivity index (χ3n) is 6.36. The largest absolute Gasteiger partial charge is 0.445 e. The molecule has 3 aromatic rings. The number of hydrogen-bond acceptors (Lipinski definition) is 5. The topological polar surface area (TPSA) is 95.9 Å². The molecular weight excluding hydrogens is 468 g/mol. The second-order valence-corrected chi connectivity index (χ2v) is 9.02. The first-order chi connectivity index (χ1) is 17.8. The number of ketones is 1. The molecule has 0 aliphatic rings. The fraction of sp³-hybridized carbons (Fsp3) is 0.300. The third kappa shape index (κ3) is 8.58. The second kappa shape index (κ2) is 13.9. The summed E-state index contributed by atoms with van der Waals surface area (Å²) in [6.45, 7) is 1.85. The third-order valence-corrected chi connectivity index (χ3v) is 6.36. The lowest BCUT2D eigenvalue weighted by Crippen LogP contribution is -2.43. The van der Waals surface area contributed by atoms with Crippen molar-refractivity contribution in [1.29, 1.82) is 0 Å². The van der Waals surface area contributed by atoms with Crippen LogP contribution in [-0.4, -0.2) is 46.9 Å². The molecule has 0 saturated carbocycles. The van der Waals surface area contributed by atoms with Crippen molar-refractivity contribution in [1.82, 2.24) is 10.2 Å². The van der Waals surface area contributed by atoms with Crippen molar-refractivity contribution in [2.24, 2.45) is 0 Å². The molecule has 0 heterocycles. The zero-order valence-electron chi connectivity index (χ0n) is 21.2. The van der Waals surface area contributed by atoms with Crippen LogP contribution in [0.1, 0.15) is 42.6 Å². The van der Waals surface area contributed by atoms with E-state index in [4.69, 9.17) is 4.74 Å². The first-order valence-electron chi connectivity index (χ1n) is 12.4. The predicted octanol–water partition coefficient (Wildman–Crippen LogP) is 4.45. The van der Waals surface area contributed by atoms with Gasteiger partial charge in [0, 0.05) is 19.9 Å². The zero-order chi connectivity index (χ0) is 26.6. The number of nitrogens with one attached hydrogen (secondary N) is 1. The first kappa shape index (κ1) is 27.6. The normalized spacial score (nSPS) is 13.2. The number of nitrogens with zero attached hydrogens (tertiary/aromatic N) is 1. The molecule has 0 aromatic heterocycles. The highest BCUT2D eigenvalue weighted by Gasteiger charge is 2.26. The van der Waals surface area contributed by atoms with Gasteiger partial charge in [0.05, 0.1) is 18.2 Å². The van der Waals surface area contributed by atoms with Crippen LogP contribution in [0.25, 0.3) is 0 Å². The number of carbonyl (C=O) groups is 3. The van der Waals surface area contributed by atoms with Gasteiger partial charge in [-0.3, -0.25) is 9.59 Å². The molecule has 0 spiro atoms. The molecule has 7 nitrogen and oxygen atoms in total. The summed E-state index contributed by atoms with van der Waals surface area (Å²) in [5, 5.41) is 13.3. The highest BCUT2D eigenvalue weighted by atomic mass is 16.5. The number of likely N-dealkylation sites (N-methyl/N-ethyl adjacent to an activating group) is 1. The quantitative estimate of drug-likeness (QED) is 0.381. The molecule has 3 aromatic carbocycles. The van der Waals surface area contributed by atoms with Gasteiger partial charge in [0.2, 0.25) is 5.91 Å². The van der Waals surface area contributed by atoms with E-state index in [-0.39, 0.29) is 37.6 Å². The summed E-state index contributed by atoms with van der Waals surface area (Å²) in [6, 6.07) is 26.4. The average molecular weight is 503 g/mol. The molecule has 0 unspecified atom stereocenters. The fourth-order valence-corrected chi connectivity index (χ4v) is 3.95. The van der Waals surface area contributed by atoms with Crippen molar-refractivity contribution in [3.05, 3.63) is 108 Å². The smallest absolute Gasteiger partial charge is 0.408 e. The van der Waals surface area contributed by atoms with Crippen molar-refractivity contribution in [2.45, 2.75) is 51.0 Å². The SMILES string of the molecule is C[C@@H]([C@H](O)c1ccccc1)N(C)C(=O)CCC(=O)[C@H](Cc1ccccc1)NC(=O)OCc1ccccc1. The van der Waals surface area contributed by atoms with Crippen LogP contribution >= 0.6 is 0 Å². The molecule has 2 amide bonds. The van der Waals surface area contributed by atoms with Gasteiger partial charge < -0.3 is 20.1 Å². The number of rotatable bonds is 12. The summed E-state index contributed by atoms with van der Waals surface area (Å²) in [5.74, 6) is -0.528. The van der Waals surface area contributed by atoms with Crippen molar-refractivity contribution in [2.75, 3.05) is 7.05 Å². The van der Waals surface area contributed by atoms with Gasteiger partial charge in [-0.1, -0.05) is 91.0 Å². The van der Waals surface area contributed by atoms with Gasteiger partial charge in [-0.15, -0.1) is 0 Å². The molecule has 0 saturated heterocycles. The van der Waals surface area contributed by atoms with Crippen LogP contribution in [0.3, 0.4) is 0 Å². The van der Waals surface area contributed by atoms with Gasteiger partial charge in [0.25, 0.3) is 0 Å². The Morgan fingerprint density at radius 2 is 1.38 bits per heavy atom. The standard InChI is InChI=1S/C30H34N2O5/c1-22(29(35)25-16-10-5-11-17-25)32(2)28(34)19-18-27(33)26(20-23-12-6-3-7-13-23)31-30(36)37-21-24-14-8-4-9-15-24/h3-17,22,26,29,35H,18-21H2,1-2H3,(H,31,36)/t22-,26-,29-/m0/s1. The molecule has 0 radical (unpaired) electrons. The zero-order valence-corrected chi connectivity index (χ0v) is 21.2. The number of ether oxygens (including phenoxy) is 1. The second-order valence-electron chi connectivity index (χ2n) is 9.02. The highest BCUT2D eigenvalue weighted by molar-refractivity contribution is 5.90. The highest BCUT2D eigenvalue weighted by Crippen LogP contribution is 2.20. The Balaban J connectivity index is 1.58. The Kier molecular flexibility index (Phi) is 10.4. The average Bonchev–Trinajstić information content (AvgIpc) is 2.94. The van der Waals surface area contributed by atoms with Gasteiger partial charge in [-0.25, -0.2) is 4.79 Å². The van der Waals surface area contributed by atoms with Gasteiger partial charge >= 0.3 is 6.09 Å². The summed E-state index contributed by atoms with van der Waals surface area (Å²) >= 11 is 0. The minimum Gasteiger partial charge on any atom is -0.445 e. The number of alkyl carbamates (subject to hydrolysis) is 1. The maximum absolute atomic E-state index is 13.1. The summed E-state index contributed by atoms with van der Waals surface area (Å²) in [7, 11) is 1.62. The Morgan fingerprint density at radius 1 is 0.838 bits per heavy atom. The molecule has 3 rings (SSSR count). The minimum absolute atomic E-state index is 0.0345. The molecular formula is C30H34N2O5. The Hall–Kier alpha value is -3.97. The number of hydrogen-bond donors (Lipinski definition) is 2. The summed E-state index contributed by atoms with van der Waals surface area (Å²) in [4.78, 5) is 39.9. The lowest BCUT2D eigenvalue weighted by molar-refractivity contribution is -0.135. The summed E-state index contributed by atoms with van der Waals surface area (Å²) in [6.07, 6.45) is -1.34. The molecule has 0 aliphatic heterocycles. The van der Waals surface area contributed by atoms with Crippen LogP contribution in [0.4, 0.5) is 4.79 Å². The molecule has 0 fully saturated rings. The monoisotopic (exact) mass is 502 g/mol. The van der Waals surface area contributed by atoms with E-state index >= 15 is 0 Å². The van der Waals surface area contributed by atoms with Crippen molar-refractivity contribution in [3.8, 4) is 0 Å². The minimum atomic E-state index is -0.849. The maximum atomic E-state index is 13.1. The number of aliphatic hydroxyl groups excluding tert-OH is 1. The summed E-state index contributed by atoms with van der Waals surface area (Å²) < 4.78 is 5.30. The van der Waals surface area contributed by atoms with Gasteiger partial charge in [-0.05, 0) is 30.0 Å². The number of benzene rings is 3. The van der Waals surface area contributed by atoms with E-state index in [9.17, 15) is 19.5 Å². The lowest BCUT2D eigenvalue weighted by Gasteiger charge is -2.29. The molecule has 3 atom stereocenters. The molecule has 194 valence electrons. The van der Waals surface area contributed by atoms with E-state index in [0.29, 0.717) is 5.56 Å². The van der Waals surface area contributed by atoms with Crippen LogP contribution in [-0.2, 0) is 27.4 Å². The van der Waals surface area contributed by atoms with E-state index in [0.717, 1.165) is 11.1 Å². The summed E-state index contributed by atoms with van der Waals surface area (Å²) in [5.41, 5.74) is 2.43. The van der Waals surface area contributed by atoms with E-state index in [1.165, 1.54) is 4.90 Å². The van der Waals surface area contributed by atoms with Crippen molar-refractivity contribution in [3.63, 3.8) is 0 Å². The van der Waals surface area contributed by atoms with Crippen LogP contribution < -0.4 is 5.32 Å². The van der Waals surface area contributed by atoms with Crippen LogP contribution in [0.2, 0.25) is 0 Å². The van der Waals surface area contributed by atoms with Crippen molar-refractivity contribution >= 4 is 17.8 Å². The first-order valence-corrected chi connectivity index (χ1v) is 12.4. The van der Waals surface area contributed by atoms with E-state index in [1.54, 1.807) is 26.1 Å². The fourth-order valence-electron chi connectivity index (χ4n) is 3.95. The predicted molar refractivity (Wildman–Crippen MR) is 142 cm³/mol. The number of amides is 2. The lowest BCUT2D eigenvalue weighted by atomic mass is 9.99. The number of Topliss-reactive ketones (excluding diaryl/α,β-unsaturated/α-hetero) is 1.